The standard InChI is InChI=1S/C9H15N3O2/c1-6-11-9(12-14-6)5-13-8-2-7(3-8)4-10/h7-8H,2-5,10H2,1H3. The summed E-state index contributed by atoms with van der Waals surface area (Å²) >= 11 is 0. The van der Waals surface area contributed by atoms with E-state index < -0.39 is 0 Å². The molecule has 1 fully saturated rings. The molecule has 0 bridgehead atoms. The summed E-state index contributed by atoms with van der Waals surface area (Å²) in [6.45, 7) is 2.98. The van der Waals surface area contributed by atoms with Crippen LogP contribution in [-0.4, -0.2) is 22.8 Å². The molecule has 0 aromatic carbocycles. The molecule has 5 nitrogen and oxygen atoms in total. The van der Waals surface area contributed by atoms with Crippen LogP contribution in [0.25, 0.3) is 0 Å². The van der Waals surface area contributed by atoms with E-state index in [4.69, 9.17) is 15.0 Å². The summed E-state index contributed by atoms with van der Waals surface area (Å²) < 4.78 is 10.4. The van der Waals surface area contributed by atoms with Gasteiger partial charge in [0, 0.05) is 6.92 Å². The molecule has 1 saturated carbocycles. The van der Waals surface area contributed by atoms with Gasteiger partial charge >= 0.3 is 0 Å². The second-order valence-corrected chi connectivity index (χ2v) is 3.74. The van der Waals surface area contributed by atoms with Gasteiger partial charge in [0.2, 0.25) is 5.89 Å². The van der Waals surface area contributed by atoms with Gasteiger partial charge in [0.25, 0.3) is 0 Å². The molecular formula is C9H15N3O2. The molecule has 0 radical (unpaired) electrons. The average molecular weight is 197 g/mol. The monoisotopic (exact) mass is 197 g/mol. The lowest BCUT2D eigenvalue weighted by atomic mass is 9.82. The first-order valence-corrected chi connectivity index (χ1v) is 4.88. The van der Waals surface area contributed by atoms with Gasteiger partial charge in [-0.2, -0.15) is 4.98 Å². The van der Waals surface area contributed by atoms with Gasteiger partial charge in [-0.25, -0.2) is 0 Å². The number of aromatic nitrogens is 2. The van der Waals surface area contributed by atoms with E-state index in [-0.39, 0.29) is 0 Å². The van der Waals surface area contributed by atoms with E-state index >= 15 is 0 Å². The molecule has 0 unspecified atom stereocenters. The van der Waals surface area contributed by atoms with E-state index in [1.807, 2.05) is 0 Å². The van der Waals surface area contributed by atoms with Crippen LogP contribution in [-0.2, 0) is 11.3 Å². The van der Waals surface area contributed by atoms with Gasteiger partial charge < -0.3 is 15.0 Å². The van der Waals surface area contributed by atoms with Gasteiger partial charge in [0.1, 0.15) is 6.61 Å². The van der Waals surface area contributed by atoms with E-state index in [1.54, 1.807) is 6.92 Å². The average Bonchev–Trinajstić information content (AvgIpc) is 2.49. The molecular weight excluding hydrogens is 182 g/mol. The minimum Gasteiger partial charge on any atom is -0.370 e. The Kier molecular flexibility index (Phi) is 2.79. The highest BCUT2D eigenvalue weighted by Gasteiger charge is 2.28. The fourth-order valence-electron chi connectivity index (χ4n) is 1.60. The highest BCUT2D eigenvalue weighted by molar-refractivity contribution is 4.84. The Hall–Kier alpha value is -0.940. The van der Waals surface area contributed by atoms with Crippen LogP contribution in [0.5, 0.6) is 0 Å². The first-order chi connectivity index (χ1) is 6.78. The molecule has 0 spiro atoms. The highest BCUT2D eigenvalue weighted by Crippen LogP contribution is 2.29. The van der Waals surface area contributed by atoms with Gasteiger partial charge in [-0.15, -0.1) is 0 Å². The fourth-order valence-corrected chi connectivity index (χ4v) is 1.60. The van der Waals surface area contributed by atoms with Crippen LogP contribution in [0.15, 0.2) is 4.52 Å². The highest BCUT2D eigenvalue weighted by atomic mass is 16.5. The molecule has 78 valence electrons. The molecule has 1 aliphatic carbocycles. The zero-order chi connectivity index (χ0) is 9.97. The number of aryl methyl sites for hydroxylation is 1. The molecule has 1 aliphatic rings. The molecule has 14 heavy (non-hydrogen) atoms. The molecule has 1 heterocycles. The fraction of sp³-hybridized carbons (Fsp3) is 0.778. The zero-order valence-corrected chi connectivity index (χ0v) is 8.27. The van der Waals surface area contributed by atoms with E-state index in [1.165, 1.54) is 0 Å². The third-order valence-corrected chi connectivity index (χ3v) is 2.54. The molecule has 2 N–H and O–H groups in total. The molecule has 5 heteroatoms. The van der Waals surface area contributed by atoms with Crippen molar-refractivity contribution in [2.24, 2.45) is 11.7 Å². The SMILES string of the molecule is Cc1nc(COC2CC(CN)C2)no1. The van der Waals surface area contributed by atoms with E-state index in [0.29, 0.717) is 30.3 Å². The summed E-state index contributed by atoms with van der Waals surface area (Å²) in [5, 5.41) is 3.75. The van der Waals surface area contributed by atoms with Gasteiger partial charge in [-0.1, -0.05) is 5.16 Å². The van der Waals surface area contributed by atoms with Crippen LogP contribution >= 0.6 is 0 Å². The van der Waals surface area contributed by atoms with Crippen molar-refractivity contribution in [1.29, 1.82) is 0 Å². The van der Waals surface area contributed by atoms with Crippen molar-refractivity contribution in [3.05, 3.63) is 11.7 Å². The number of rotatable bonds is 4. The van der Waals surface area contributed by atoms with Crippen molar-refractivity contribution in [3.63, 3.8) is 0 Å². The normalized spacial score (nSPS) is 26.1. The minimum absolute atomic E-state index is 0.336. The first-order valence-electron chi connectivity index (χ1n) is 4.88. The van der Waals surface area contributed by atoms with Crippen LogP contribution in [0.3, 0.4) is 0 Å². The lowest BCUT2D eigenvalue weighted by molar-refractivity contribution is -0.0405. The second kappa shape index (κ2) is 4.06. The first kappa shape index (κ1) is 9.61. The number of ether oxygens (including phenoxy) is 1. The topological polar surface area (TPSA) is 74.2 Å². The Morgan fingerprint density at radius 3 is 2.93 bits per heavy atom. The van der Waals surface area contributed by atoms with Crippen molar-refractivity contribution in [2.75, 3.05) is 6.54 Å². The van der Waals surface area contributed by atoms with E-state index in [2.05, 4.69) is 10.1 Å². The van der Waals surface area contributed by atoms with Crippen molar-refractivity contribution in [3.8, 4) is 0 Å². The van der Waals surface area contributed by atoms with Gasteiger partial charge in [0.05, 0.1) is 6.10 Å². The largest absolute Gasteiger partial charge is 0.370 e. The van der Waals surface area contributed by atoms with Crippen LogP contribution < -0.4 is 5.73 Å². The maximum Gasteiger partial charge on any atom is 0.223 e. The van der Waals surface area contributed by atoms with Gasteiger partial charge in [-0.3, -0.25) is 0 Å². The van der Waals surface area contributed by atoms with Crippen molar-refractivity contribution in [1.82, 2.24) is 10.1 Å². The summed E-state index contributed by atoms with van der Waals surface area (Å²) in [5.74, 6) is 1.85. The smallest absolute Gasteiger partial charge is 0.223 e. The van der Waals surface area contributed by atoms with Crippen LogP contribution in [0, 0.1) is 12.8 Å². The molecule has 1 aromatic rings. The van der Waals surface area contributed by atoms with Gasteiger partial charge in [-0.05, 0) is 25.3 Å². The van der Waals surface area contributed by atoms with Crippen molar-refractivity contribution >= 4 is 0 Å². The number of hydrogen-bond acceptors (Lipinski definition) is 5. The minimum atomic E-state index is 0.336. The molecule has 2 rings (SSSR count). The third kappa shape index (κ3) is 2.10. The summed E-state index contributed by atoms with van der Waals surface area (Å²) in [6, 6.07) is 0. The molecule has 0 aliphatic heterocycles. The number of nitrogens with zero attached hydrogens (tertiary/aromatic N) is 2. The predicted molar refractivity (Wildman–Crippen MR) is 49.4 cm³/mol. The van der Waals surface area contributed by atoms with Crippen molar-refractivity contribution < 1.29 is 9.26 Å². The zero-order valence-electron chi connectivity index (χ0n) is 8.27. The lowest BCUT2D eigenvalue weighted by Gasteiger charge is -2.33. The summed E-state index contributed by atoms with van der Waals surface area (Å²) in [5.41, 5.74) is 5.51. The second-order valence-electron chi connectivity index (χ2n) is 3.74. The Bertz CT molecular complexity index is 294. The lowest BCUT2D eigenvalue weighted by Crippen LogP contribution is -2.35. The Balaban J connectivity index is 1.69. The summed E-state index contributed by atoms with van der Waals surface area (Å²) in [6.07, 6.45) is 2.46. The maximum atomic E-state index is 5.57. The third-order valence-electron chi connectivity index (χ3n) is 2.54. The summed E-state index contributed by atoms with van der Waals surface area (Å²) in [7, 11) is 0. The van der Waals surface area contributed by atoms with Crippen LogP contribution in [0.2, 0.25) is 0 Å². The Labute approximate surface area is 82.6 Å². The maximum absolute atomic E-state index is 5.57. The van der Waals surface area contributed by atoms with E-state index in [9.17, 15) is 0 Å². The number of hydrogen-bond donors (Lipinski definition) is 1. The summed E-state index contributed by atoms with van der Waals surface area (Å²) in [4.78, 5) is 4.05. The predicted octanol–water partition coefficient (Wildman–Crippen LogP) is 0.632. The van der Waals surface area contributed by atoms with Crippen LogP contribution in [0.4, 0.5) is 0 Å². The molecule has 0 atom stereocenters. The Morgan fingerprint density at radius 2 is 2.36 bits per heavy atom. The van der Waals surface area contributed by atoms with Crippen molar-refractivity contribution in [2.45, 2.75) is 32.5 Å². The Morgan fingerprint density at radius 1 is 1.57 bits per heavy atom. The molecule has 0 saturated heterocycles. The molecule has 1 aromatic heterocycles. The van der Waals surface area contributed by atoms with Crippen LogP contribution in [0.1, 0.15) is 24.6 Å². The quantitative estimate of drug-likeness (QED) is 0.766. The number of nitrogens with two attached hydrogens (primary N) is 1. The molecule has 0 amide bonds. The van der Waals surface area contributed by atoms with E-state index in [0.717, 1.165) is 19.4 Å². The van der Waals surface area contributed by atoms with Gasteiger partial charge in [0.15, 0.2) is 5.82 Å².